The fourth-order valence-corrected chi connectivity index (χ4v) is 2.34. The van der Waals surface area contributed by atoms with Gasteiger partial charge in [0.05, 0.1) is 0 Å². The molecule has 15 heavy (non-hydrogen) atoms. The van der Waals surface area contributed by atoms with Crippen LogP contribution in [0.15, 0.2) is 18.7 Å². The third-order valence-electron chi connectivity index (χ3n) is 3.34. The lowest BCUT2D eigenvalue weighted by Crippen LogP contribution is -1.97. The molecule has 0 radical (unpaired) electrons. The number of aryl methyl sites for hydroxylation is 1. The highest BCUT2D eigenvalue weighted by molar-refractivity contribution is 5.57. The first-order chi connectivity index (χ1) is 7.17. The predicted molar refractivity (Wildman–Crippen MR) is 62.4 cm³/mol. The summed E-state index contributed by atoms with van der Waals surface area (Å²) in [4.78, 5) is 0. The van der Waals surface area contributed by atoms with Crippen LogP contribution in [0.5, 0.6) is 0 Å². The number of benzene rings is 1. The number of hydrogen-bond donors (Lipinski definition) is 0. The van der Waals surface area contributed by atoms with Crippen molar-refractivity contribution in [1.29, 1.82) is 0 Å². The van der Waals surface area contributed by atoms with Gasteiger partial charge in [0.15, 0.2) is 0 Å². The molecule has 1 aromatic carbocycles. The molecule has 2 unspecified atom stereocenters. The fraction of sp³-hybridized carbons (Fsp3) is 0.429. The highest BCUT2D eigenvalue weighted by Gasteiger charge is 2.36. The second kappa shape index (κ2) is 3.80. The van der Waals surface area contributed by atoms with Crippen molar-refractivity contribution in [1.82, 2.24) is 0 Å². The number of rotatable bonds is 3. The van der Waals surface area contributed by atoms with E-state index in [1.54, 1.807) is 18.2 Å². The average Bonchev–Trinajstić information content (AvgIpc) is 2.93. The summed E-state index contributed by atoms with van der Waals surface area (Å²) in [6.07, 6.45) is 3.92. The van der Waals surface area contributed by atoms with Crippen molar-refractivity contribution in [3.63, 3.8) is 0 Å². The second-order valence-corrected chi connectivity index (χ2v) is 4.44. The molecule has 1 fully saturated rings. The molecule has 2 rings (SSSR count). The highest BCUT2D eigenvalue weighted by Crippen LogP contribution is 2.49. The van der Waals surface area contributed by atoms with Gasteiger partial charge in [0, 0.05) is 0 Å². The van der Waals surface area contributed by atoms with Crippen LogP contribution in [0, 0.1) is 11.7 Å². The highest BCUT2D eigenvalue weighted by atomic mass is 19.1. The Morgan fingerprint density at radius 3 is 2.67 bits per heavy atom. The lowest BCUT2D eigenvalue weighted by Gasteiger charge is -2.11. The molecular formula is C14H17F. The van der Waals surface area contributed by atoms with Crippen LogP contribution in [0.25, 0.3) is 6.08 Å². The van der Waals surface area contributed by atoms with E-state index >= 15 is 0 Å². The van der Waals surface area contributed by atoms with Crippen LogP contribution >= 0.6 is 0 Å². The zero-order chi connectivity index (χ0) is 11.0. The zero-order valence-electron chi connectivity index (χ0n) is 9.39. The molecule has 0 amide bonds. The minimum Gasteiger partial charge on any atom is -0.207 e. The lowest BCUT2D eigenvalue weighted by atomic mass is 9.94. The maximum absolute atomic E-state index is 13.3. The van der Waals surface area contributed by atoms with E-state index in [1.165, 1.54) is 12.0 Å². The van der Waals surface area contributed by atoms with Crippen LogP contribution in [0.3, 0.4) is 0 Å². The van der Waals surface area contributed by atoms with E-state index in [0.717, 1.165) is 23.5 Å². The molecule has 80 valence electrons. The van der Waals surface area contributed by atoms with Crippen molar-refractivity contribution in [3.8, 4) is 0 Å². The molecule has 1 heteroatoms. The van der Waals surface area contributed by atoms with Crippen LogP contribution in [-0.2, 0) is 6.42 Å². The van der Waals surface area contributed by atoms with Gasteiger partial charge >= 0.3 is 0 Å². The summed E-state index contributed by atoms with van der Waals surface area (Å²) in [5.41, 5.74) is 3.47. The molecular weight excluding hydrogens is 187 g/mol. The second-order valence-electron chi connectivity index (χ2n) is 4.44. The maximum atomic E-state index is 13.3. The molecule has 2 atom stereocenters. The zero-order valence-corrected chi connectivity index (χ0v) is 9.39. The van der Waals surface area contributed by atoms with Crippen molar-refractivity contribution in [3.05, 3.63) is 41.2 Å². The standard InChI is InChI=1S/C14H17F/c1-4-10-7-12(15)8-11(5-2)14(10)13-6-9(13)3/h4,7-9,13H,1,5-6H2,2-3H3. The molecule has 1 aliphatic carbocycles. The summed E-state index contributed by atoms with van der Waals surface area (Å²) in [5.74, 6) is 1.24. The van der Waals surface area contributed by atoms with Gasteiger partial charge in [-0.2, -0.15) is 0 Å². The average molecular weight is 204 g/mol. The van der Waals surface area contributed by atoms with Crippen molar-refractivity contribution in [2.45, 2.75) is 32.6 Å². The van der Waals surface area contributed by atoms with Gasteiger partial charge in [0.2, 0.25) is 0 Å². The molecule has 0 aromatic heterocycles. The summed E-state index contributed by atoms with van der Waals surface area (Å²) in [7, 11) is 0. The van der Waals surface area contributed by atoms with Crippen LogP contribution in [0.1, 0.15) is 42.9 Å². The fourth-order valence-electron chi connectivity index (χ4n) is 2.34. The number of halogens is 1. The van der Waals surface area contributed by atoms with E-state index in [4.69, 9.17) is 0 Å². The predicted octanol–water partition coefficient (Wildman–Crippen LogP) is 4.15. The van der Waals surface area contributed by atoms with Gasteiger partial charge in [0.25, 0.3) is 0 Å². The van der Waals surface area contributed by atoms with Crippen LogP contribution < -0.4 is 0 Å². The quantitative estimate of drug-likeness (QED) is 0.693. The minimum absolute atomic E-state index is 0.140. The Balaban J connectivity index is 2.52. The van der Waals surface area contributed by atoms with Crippen molar-refractivity contribution < 1.29 is 4.39 Å². The molecule has 0 saturated heterocycles. The third-order valence-corrected chi connectivity index (χ3v) is 3.34. The van der Waals surface area contributed by atoms with Crippen molar-refractivity contribution >= 4 is 6.08 Å². The van der Waals surface area contributed by atoms with E-state index in [9.17, 15) is 4.39 Å². The van der Waals surface area contributed by atoms with Crippen LogP contribution in [0.2, 0.25) is 0 Å². The molecule has 1 aliphatic rings. The minimum atomic E-state index is -0.140. The largest absolute Gasteiger partial charge is 0.207 e. The molecule has 0 spiro atoms. The van der Waals surface area contributed by atoms with Crippen molar-refractivity contribution in [2.24, 2.45) is 5.92 Å². The molecule has 1 saturated carbocycles. The molecule has 1 aromatic rings. The van der Waals surface area contributed by atoms with Gasteiger partial charge in [-0.1, -0.05) is 26.5 Å². The Morgan fingerprint density at radius 1 is 1.53 bits per heavy atom. The van der Waals surface area contributed by atoms with E-state index in [2.05, 4.69) is 20.4 Å². The van der Waals surface area contributed by atoms with E-state index in [0.29, 0.717) is 5.92 Å². The topological polar surface area (TPSA) is 0 Å². The summed E-state index contributed by atoms with van der Waals surface area (Å²) >= 11 is 0. The van der Waals surface area contributed by atoms with Gasteiger partial charge in [-0.3, -0.25) is 0 Å². The van der Waals surface area contributed by atoms with Gasteiger partial charge in [-0.05, 0) is 53.5 Å². The van der Waals surface area contributed by atoms with Crippen molar-refractivity contribution in [2.75, 3.05) is 0 Å². The molecule has 0 N–H and O–H groups in total. The molecule has 0 aliphatic heterocycles. The summed E-state index contributed by atoms with van der Waals surface area (Å²) in [6, 6.07) is 3.28. The van der Waals surface area contributed by atoms with Crippen LogP contribution in [0.4, 0.5) is 4.39 Å². The number of hydrogen-bond acceptors (Lipinski definition) is 0. The first-order valence-corrected chi connectivity index (χ1v) is 5.62. The molecule has 0 nitrogen and oxygen atoms in total. The van der Waals surface area contributed by atoms with E-state index < -0.39 is 0 Å². The van der Waals surface area contributed by atoms with Gasteiger partial charge in [-0.15, -0.1) is 0 Å². The third kappa shape index (κ3) is 1.83. The van der Waals surface area contributed by atoms with E-state index in [-0.39, 0.29) is 5.82 Å². The maximum Gasteiger partial charge on any atom is 0.124 e. The molecule has 0 bridgehead atoms. The summed E-state index contributed by atoms with van der Waals surface area (Å²) in [6.45, 7) is 8.11. The SMILES string of the molecule is C=Cc1cc(F)cc(CC)c1C1CC1C. The van der Waals surface area contributed by atoms with E-state index in [1.807, 2.05) is 0 Å². The summed E-state index contributed by atoms with van der Waals surface area (Å²) in [5, 5.41) is 0. The monoisotopic (exact) mass is 204 g/mol. The normalized spacial score (nSPS) is 23.9. The summed E-state index contributed by atoms with van der Waals surface area (Å²) < 4.78 is 13.3. The Morgan fingerprint density at radius 2 is 2.20 bits per heavy atom. The van der Waals surface area contributed by atoms with Gasteiger partial charge < -0.3 is 0 Å². The Bertz CT molecular complexity index is 393. The first kappa shape index (κ1) is 10.4. The van der Waals surface area contributed by atoms with Gasteiger partial charge in [-0.25, -0.2) is 4.39 Å². The smallest absolute Gasteiger partial charge is 0.124 e. The Labute approximate surface area is 90.8 Å². The van der Waals surface area contributed by atoms with Gasteiger partial charge in [0.1, 0.15) is 5.82 Å². The molecule has 0 heterocycles. The Kier molecular flexibility index (Phi) is 2.64. The Hall–Kier alpha value is -1.11. The first-order valence-electron chi connectivity index (χ1n) is 5.62. The lowest BCUT2D eigenvalue weighted by molar-refractivity contribution is 0.623. The van der Waals surface area contributed by atoms with Crippen LogP contribution in [-0.4, -0.2) is 0 Å².